The number of ether oxygens (including phenoxy) is 1. The van der Waals surface area contributed by atoms with Crippen LogP contribution in [0.3, 0.4) is 0 Å². The summed E-state index contributed by atoms with van der Waals surface area (Å²) in [6.45, 7) is 4.55. The van der Waals surface area contributed by atoms with Crippen molar-refractivity contribution < 1.29 is 22.7 Å². The first-order valence-corrected chi connectivity index (χ1v) is 9.49. The van der Waals surface area contributed by atoms with Crippen molar-refractivity contribution in [2.75, 3.05) is 24.2 Å². The zero-order valence-corrected chi connectivity index (χ0v) is 14.6. The Morgan fingerprint density at radius 1 is 1.38 bits per heavy atom. The Morgan fingerprint density at radius 2 is 2.12 bits per heavy atom. The Bertz CT molecular complexity index is 728. The highest BCUT2D eigenvalue weighted by atomic mass is 32.2. The summed E-state index contributed by atoms with van der Waals surface area (Å²) >= 11 is 0. The van der Waals surface area contributed by atoms with Gasteiger partial charge in [-0.15, -0.1) is 0 Å². The number of sulfone groups is 1. The summed E-state index contributed by atoms with van der Waals surface area (Å²) in [6, 6.07) is 4.28. The Hall–Kier alpha value is -2.09. The van der Waals surface area contributed by atoms with E-state index in [1.54, 1.807) is 0 Å². The predicted octanol–water partition coefficient (Wildman–Crippen LogP) is 1.34. The third-order valence-corrected chi connectivity index (χ3v) is 5.30. The Kier molecular flexibility index (Phi) is 5.82. The van der Waals surface area contributed by atoms with E-state index in [9.17, 15) is 18.0 Å². The standard InChI is InChI=1S/C16H22N2O5S/c1-11(2)5-7-17-15(19)6-8-24(21,22)12-3-4-14-13(9-12)18-16(20)10-23-14/h3-4,9,11H,5-8,10H2,1-2H3,(H,17,19)(H,18,20). The molecule has 7 nitrogen and oxygen atoms in total. The van der Waals surface area contributed by atoms with E-state index < -0.39 is 9.84 Å². The number of hydrogen-bond donors (Lipinski definition) is 2. The van der Waals surface area contributed by atoms with Gasteiger partial charge >= 0.3 is 0 Å². The maximum absolute atomic E-state index is 12.4. The van der Waals surface area contributed by atoms with Gasteiger partial charge in [0.05, 0.1) is 16.3 Å². The van der Waals surface area contributed by atoms with E-state index in [1.807, 2.05) is 0 Å². The van der Waals surface area contributed by atoms with Gasteiger partial charge in [-0.1, -0.05) is 13.8 Å². The van der Waals surface area contributed by atoms with E-state index in [4.69, 9.17) is 4.74 Å². The van der Waals surface area contributed by atoms with Crippen LogP contribution in [0.5, 0.6) is 5.75 Å². The van der Waals surface area contributed by atoms with Gasteiger partial charge in [-0.2, -0.15) is 0 Å². The summed E-state index contributed by atoms with van der Waals surface area (Å²) < 4.78 is 29.9. The van der Waals surface area contributed by atoms with Crippen LogP contribution in [-0.4, -0.2) is 39.1 Å². The molecule has 2 amide bonds. The molecule has 0 saturated carbocycles. The summed E-state index contributed by atoms with van der Waals surface area (Å²) in [4.78, 5) is 23.1. The van der Waals surface area contributed by atoms with Gasteiger partial charge in [0.15, 0.2) is 16.4 Å². The second kappa shape index (κ2) is 7.65. The largest absolute Gasteiger partial charge is 0.482 e. The van der Waals surface area contributed by atoms with Crippen LogP contribution in [0.2, 0.25) is 0 Å². The molecule has 0 bridgehead atoms. The molecule has 0 atom stereocenters. The predicted molar refractivity (Wildman–Crippen MR) is 89.7 cm³/mol. The lowest BCUT2D eigenvalue weighted by molar-refractivity contribution is -0.121. The van der Waals surface area contributed by atoms with Crippen LogP contribution in [0.4, 0.5) is 5.69 Å². The van der Waals surface area contributed by atoms with Crippen LogP contribution < -0.4 is 15.4 Å². The molecule has 1 aromatic rings. The molecule has 2 rings (SSSR count). The SMILES string of the molecule is CC(C)CCNC(=O)CCS(=O)(=O)c1ccc2c(c1)NC(=O)CO2. The molecule has 132 valence electrons. The highest BCUT2D eigenvalue weighted by Crippen LogP contribution is 2.30. The number of carbonyl (C=O) groups excluding carboxylic acids is 2. The second-order valence-corrected chi connectivity index (χ2v) is 8.21. The molecule has 0 aliphatic carbocycles. The Morgan fingerprint density at radius 3 is 2.83 bits per heavy atom. The van der Waals surface area contributed by atoms with Crippen molar-refractivity contribution in [3.05, 3.63) is 18.2 Å². The molecule has 0 radical (unpaired) electrons. The molecule has 0 spiro atoms. The van der Waals surface area contributed by atoms with Gasteiger partial charge in [0.1, 0.15) is 5.75 Å². The average molecular weight is 354 g/mol. The summed E-state index contributed by atoms with van der Waals surface area (Å²) in [5.74, 6) is 0.00557. The lowest BCUT2D eigenvalue weighted by Crippen LogP contribution is -2.27. The smallest absolute Gasteiger partial charge is 0.262 e. The molecule has 0 fully saturated rings. The quantitative estimate of drug-likeness (QED) is 0.769. The summed E-state index contributed by atoms with van der Waals surface area (Å²) in [5.41, 5.74) is 0.328. The molecule has 1 aromatic carbocycles. The van der Waals surface area contributed by atoms with E-state index in [2.05, 4.69) is 24.5 Å². The second-order valence-electron chi connectivity index (χ2n) is 6.10. The number of rotatable bonds is 7. The molecular weight excluding hydrogens is 332 g/mol. The normalized spacial score (nSPS) is 13.9. The fraction of sp³-hybridized carbons (Fsp3) is 0.500. The third-order valence-electron chi connectivity index (χ3n) is 3.58. The van der Waals surface area contributed by atoms with Gasteiger partial charge in [-0.3, -0.25) is 9.59 Å². The number of anilines is 1. The minimum atomic E-state index is -3.62. The fourth-order valence-electron chi connectivity index (χ4n) is 2.19. The number of carbonyl (C=O) groups is 2. The lowest BCUT2D eigenvalue weighted by atomic mass is 10.1. The molecule has 24 heavy (non-hydrogen) atoms. The minimum absolute atomic E-state index is 0.0574. The molecular formula is C16H22N2O5S. The van der Waals surface area contributed by atoms with E-state index in [0.717, 1.165) is 6.42 Å². The maximum Gasteiger partial charge on any atom is 0.262 e. The van der Waals surface area contributed by atoms with Crippen molar-refractivity contribution in [1.82, 2.24) is 5.32 Å². The van der Waals surface area contributed by atoms with Crippen molar-refractivity contribution in [1.29, 1.82) is 0 Å². The van der Waals surface area contributed by atoms with Gasteiger partial charge in [0.2, 0.25) is 5.91 Å². The van der Waals surface area contributed by atoms with Gasteiger partial charge in [0, 0.05) is 13.0 Å². The first kappa shape index (κ1) is 18.3. The number of fused-ring (bicyclic) bond motifs is 1. The van der Waals surface area contributed by atoms with Crippen molar-refractivity contribution in [2.45, 2.75) is 31.6 Å². The molecule has 0 saturated heterocycles. The molecule has 0 unspecified atom stereocenters. The molecule has 1 heterocycles. The first-order valence-electron chi connectivity index (χ1n) is 7.84. The van der Waals surface area contributed by atoms with Crippen LogP contribution in [0.25, 0.3) is 0 Å². The number of amides is 2. The lowest BCUT2D eigenvalue weighted by Gasteiger charge is -2.18. The van der Waals surface area contributed by atoms with Crippen molar-refractivity contribution in [2.24, 2.45) is 5.92 Å². The summed E-state index contributed by atoms with van der Waals surface area (Å²) in [7, 11) is -3.62. The van der Waals surface area contributed by atoms with Gasteiger partial charge in [0.25, 0.3) is 5.91 Å². The van der Waals surface area contributed by atoms with Crippen LogP contribution in [0.15, 0.2) is 23.1 Å². The van der Waals surface area contributed by atoms with Gasteiger partial charge < -0.3 is 15.4 Å². The number of benzene rings is 1. The zero-order valence-electron chi connectivity index (χ0n) is 13.8. The van der Waals surface area contributed by atoms with Gasteiger partial charge in [-0.05, 0) is 30.5 Å². The molecule has 1 aliphatic rings. The van der Waals surface area contributed by atoms with E-state index in [0.29, 0.717) is 23.9 Å². The van der Waals surface area contributed by atoms with E-state index in [1.165, 1.54) is 18.2 Å². The van der Waals surface area contributed by atoms with Crippen LogP contribution in [0.1, 0.15) is 26.7 Å². The molecule has 2 N–H and O–H groups in total. The number of hydrogen-bond acceptors (Lipinski definition) is 5. The Balaban J connectivity index is 1.96. The molecule has 0 aromatic heterocycles. The van der Waals surface area contributed by atoms with Crippen LogP contribution in [-0.2, 0) is 19.4 Å². The van der Waals surface area contributed by atoms with Crippen molar-refractivity contribution in [3.8, 4) is 5.75 Å². The van der Waals surface area contributed by atoms with Crippen molar-refractivity contribution in [3.63, 3.8) is 0 Å². The highest BCUT2D eigenvalue weighted by Gasteiger charge is 2.21. The van der Waals surface area contributed by atoms with Crippen LogP contribution in [0, 0.1) is 5.92 Å². The Labute approximate surface area is 141 Å². The average Bonchev–Trinajstić information content (AvgIpc) is 2.52. The van der Waals surface area contributed by atoms with Gasteiger partial charge in [-0.25, -0.2) is 8.42 Å². The summed E-state index contributed by atoms with van der Waals surface area (Å²) in [6.07, 6.45) is 0.753. The number of nitrogens with one attached hydrogen (secondary N) is 2. The monoisotopic (exact) mass is 354 g/mol. The summed E-state index contributed by atoms with van der Waals surface area (Å²) in [5, 5.41) is 5.28. The first-order chi connectivity index (χ1) is 11.3. The fourth-order valence-corrected chi connectivity index (χ4v) is 3.45. The van der Waals surface area contributed by atoms with E-state index in [-0.39, 0.29) is 35.5 Å². The van der Waals surface area contributed by atoms with Crippen molar-refractivity contribution >= 4 is 27.3 Å². The van der Waals surface area contributed by atoms with Crippen LogP contribution >= 0.6 is 0 Å². The maximum atomic E-state index is 12.4. The molecule has 1 aliphatic heterocycles. The zero-order chi connectivity index (χ0) is 17.7. The third kappa shape index (κ3) is 4.95. The molecule has 8 heteroatoms. The highest BCUT2D eigenvalue weighted by molar-refractivity contribution is 7.91. The topological polar surface area (TPSA) is 102 Å². The minimum Gasteiger partial charge on any atom is -0.482 e. The van der Waals surface area contributed by atoms with E-state index >= 15 is 0 Å².